The van der Waals surface area contributed by atoms with Crippen LogP contribution in [0.1, 0.15) is 0 Å². The Morgan fingerprint density at radius 1 is 0.720 bits per heavy atom. The van der Waals surface area contributed by atoms with Crippen LogP contribution in [-0.2, 0) is 10.0 Å². The van der Waals surface area contributed by atoms with Crippen molar-refractivity contribution in [1.82, 2.24) is 3.97 Å². The summed E-state index contributed by atoms with van der Waals surface area (Å²) in [5.74, 6) is 0. The maximum absolute atomic E-state index is 13.4. The number of fused-ring (bicyclic) bond motifs is 1. The van der Waals surface area contributed by atoms with Crippen LogP contribution in [0, 0.1) is 0 Å². The number of para-hydroxylation sites is 1. The summed E-state index contributed by atoms with van der Waals surface area (Å²) in [6.07, 6.45) is 0. The van der Waals surface area contributed by atoms with Crippen molar-refractivity contribution in [1.29, 1.82) is 0 Å². The maximum Gasteiger partial charge on any atom is 0.268 e. The summed E-state index contributed by atoms with van der Waals surface area (Å²) >= 11 is 3.62. The molecule has 3 nitrogen and oxygen atoms in total. The quantitative estimate of drug-likeness (QED) is 0.458. The largest absolute Gasteiger partial charge is 0.268 e. The molecule has 0 bridgehead atoms. The van der Waals surface area contributed by atoms with Crippen molar-refractivity contribution < 1.29 is 8.42 Å². The third kappa shape index (κ3) is 2.60. The van der Waals surface area contributed by atoms with Gasteiger partial charge in [-0.15, -0.1) is 0 Å². The minimum absolute atomic E-state index is 0.264. The second-order valence-electron chi connectivity index (χ2n) is 5.63. The minimum atomic E-state index is -3.74. The first-order valence-corrected chi connectivity index (χ1v) is 9.99. The Kier molecular flexibility index (Phi) is 3.98. The summed E-state index contributed by atoms with van der Waals surface area (Å²) in [6, 6.07) is 25.5. The van der Waals surface area contributed by atoms with E-state index in [0.717, 1.165) is 15.4 Å². The first-order valence-electron chi connectivity index (χ1n) is 7.75. The van der Waals surface area contributed by atoms with E-state index < -0.39 is 10.0 Å². The van der Waals surface area contributed by atoms with Crippen molar-refractivity contribution in [3.8, 4) is 11.3 Å². The van der Waals surface area contributed by atoms with E-state index in [1.54, 1.807) is 30.3 Å². The highest BCUT2D eigenvalue weighted by Crippen LogP contribution is 2.39. The van der Waals surface area contributed by atoms with E-state index in [1.807, 2.05) is 54.6 Å². The van der Waals surface area contributed by atoms with E-state index in [1.165, 1.54) is 3.97 Å². The van der Waals surface area contributed by atoms with Crippen LogP contribution in [0.25, 0.3) is 22.2 Å². The molecule has 0 unspecified atom stereocenters. The van der Waals surface area contributed by atoms with Gasteiger partial charge in [0, 0.05) is 10.9 Å². The molecule has 4 aromatic rings. The van der Waals surface area contributed by atoms with Crippen LogP contribution in [0.5, 0.6) is 0 Å². The lowest BCUT2D eigenvalue weighted by Crippen LogP contribution is -2.14. The van der Waals surface area contributed by atoms with Crippen LogP contribution in [0.4, 0.5) is 0 Å². The maximum atomic E-state index is 13.4. The van der Waals surface area contributed by atoms with Crippen LogP contribution in [0.15, 0.2) is 94.3 Å². The number of hydrogen-bond acceptors (Lipinski definition) is 2. The van der Waals surface area contributed by atoms with Crippen LogP contribution < -0.4 is 0 Å². The number of nitrogens with zero attached hydrogens (tertiary/aromatic N) is 1. The SMILES string of the molecule is O=S(=O)(c1ccccc1)n1c(-c2ccccc2)c(Br)c2ccccc21. The van der Waals surface area contributed by atoms with Gasteiger partial charge in [-0.3, -0.25) is 0 Å². The first kappa shape index (κ1) is 16.1. The number of benzene rings is 3. The van der Waals surface area contributed by atoms with Gasteiger partial charge in [-0.05, 0) is 34.1 Å². The van der Waals surface area contributed by atoms with E-state index in [9.17, 15) is 8.42 Å². The van der Waals surface area contributed by atoms with Gasteiger partial charge >= 0.3 is 0 Å². The second kappa shape index (κ2) is 6.17. The fourth-order valence-corrected chi connectivity index (χ4v) is 5.39. The summed E-state index contributed by atoms with van der Waals surface area (Å²) in [6.45, 7) is 0. The number of aromatic nitrogens is 1. The van der Waals surface area contributed by atoms with E-state index in [2.05, 4.69) is 15.9 Å². The Morgan fingerprint density at radius 3 is 1.96 bits per heavy atom. The van der Waals surface area contributed by atoms with Gasteiger partial charge in [-0.2, -0.15) is 0 Å². The third-order valence-electron chi connectivity index (χ3n) is 4.10. The highest BCUT2D eigenvalue weighted by molar-refractivity contribution is 9.10. The van der Waals surface area contributed by atoms with Gasteiger partial charge in [0.25, 0.3) is 10.0 Å². The molecule has 5 heteroatoms. The van der Waals surface area contributed by atoms with Crippen molar-refractivity contribution in [3.63, 3.8) is 0 Å². The third-order valence-corrected chi connectivity index (χ3v) is 6.63. The zero-order valence-electron chi connectivity index (χ0n) is 13.1. The highest BCUT2D eigenvalue weighted by atomic mass is 79.9. The monoisotopic (exact) mass is 411 g/mol. The molecule has 0 fully saturated rings. The van der Waals surface area contributed by atoms with Gasteiger partial charge in [-0.1, -0.05) is 66.7 Å². The molecule has 0 spiro atoms. The topological polar surface area (TPSA) is 39.1 Å². The molecule has 124 valence electrons. The lowest BCUT2D eigenvalue weighted by atomic mass is 10.1. The summed E-state index contributed by atoms with van der Waals surface area (Å²) < 4.78 is 29.0. The molecule has 0 N–H and O–H groups in total. The summed E-state index contributed by atoms with van der Waals surface area (Å²) in [4.78, 5) is 0.264. The zero-order valence-corrected chi connectivity index (χ0v) is 15.5. The minimum Gasteiger partial charge on any atom is -0.232 e. The molecule has 0 atom stereocenters. The van der Waals surface area contributed by atoms with E-state index in [-0.39, 0.29) is 4.90 Å². The fourth-order valence-electron chi connectivity index (χ4n) is 2.96. The molecule has 1 heterocycles. The molecule has 25 heavy (non-hydrogen) atoms. The van der Waals surface area contributed by atoms with Crippen LogP contribution in [0.2, 0.25) is 0 Å². The van der Waals surface area contributed by atoms with Crippen molar-refractivity contribution in [2.75, 3.05) is 0 Å². The van der Waals surface area contributed by atoms with Crippen molar-refractivity contribution in [3.05, 3.63) is 89.4 Å². The average molecular weight is 412 g/mol. The van der Waals surface area contributed by atoms with Gasteiger partial charge in [0.05, 0.1) is 20.6 Å². The molecule has 0 aliphatic rings. The molecule has 0 saturated heterocycles. The second-order valence-corrected chi connectivity index (χ2v) is 8.21. The average Bonchev–Trinajstić information content (AvgIpc) is 2.97. The summed E-state index contributed by atoms with van der Waals surface area (Å²) in [7, 11) is -3.74. The molecule has 3 aromatic carbocycles. The molecular weight excluding hydrogens is 398 g/mol. The molecule has 0 saturated carbocycles. The van der Waals surface area contributed by atoms with Gasteiger partial charge in [0.2, 0.25) is 0 Å². The molecule has 0 aliphatic heterocycles. The normalized spacial score (nSPS) is 11.7. The Hall–Kier alpha value is -2.37. The molecule has 4 rings (SSSR count). The molecule has 0 radical (unpaired) electrons. The van der Waals surface area contributed by atoms with Crippen molar-refractivity contribution in [2.45, 2.75) is 4.90 Å². The zero-order chi connectivity index (χ0) is 17.4. The van der Waals surface area contributed by atoms with Crippen LogP contribution in [0.3, 0.4) is 0 Å². The Labute approximate surface area is 154 Å². The van der Waals surface area contributed by atoms with E-state index >= 15 is 0 Å². The lowest BCUT2D eigenvalue weighted by Gasteiger charge is -2.12. The fraction of sp³-hybridized carbons (Fsp3) is 0. The van der Waals surface area contributed by atoms with Crippen LogP contribution in [-0.4, -0.2) is 12.4 Å². The summed E-state index contributed by atoms with van der Waals surface area (Å²) in [5.41, 5.74) is 2.12. The van der Waals surface area contributed by atoms with Crippen LogP contribution >= 0.6 is 15.9 Å². The van der Waals surface area contributed by atoms with Crippen molar-refractivity contribution >= 4 is 36.9 Å². The molecule has 1 aromatic heterocycles. The Morgan fingerprint density at radius 2 is 1.28 bits per heavy atom. The standard InChI is InChI=1S/C20H14BrNO2S/c21-19-17-13-7-8-14-18(17)22(20(19)15-9-3-1-4-10-15)25(23,24)16-11-5-2-6-12-16/h1-14H. The van der Waals surface area contributed by atoms with Gasteiger partial charge < -0.3 is 0 Å². The number of halogens is 1. The van der Waals surface area contributed by atoms with Gasteiger partial charge in [0.15, 0.2) is 0 Å². The Bertz CT molecular complexity index is 1150. The lowest BCUT2D eigenvalue weighted by molar-refractivity contribution is 0.589. The first-order chi connectivity index (χ1) is 12.1. The van der Waals surface area contributed by atoms with Crippen molar-refractivity contribution in [2.24, 2.45) is 0 Å². The molecular formula is C20H14BrNO2S. The Balaban J connectivity index is 2.14. The number of hydrogen-bond donors (Lipinski definition) is 0. The van der Waals surface area contributed by atoms with Gasteiger partial charge in [-0.25, -0.2) is 12.4 Å². The van der Waals surface area contributed by atoms with E-state index in [4.69, 9.17) is 0 Å². The smallest absolute Gasteiger partial charge is 0.232 e. The number of rotatable bonds is 3. The predicted molar refractivity (Wildman–Crippen MR) is 104 cm³/mol. The predicted octanol–water partition coefficient (Wildman–Crippen LogP) is 5.31. The summed E-state index contributed by atoms with van der Waals surface area (Å²) in [5, 5.41) is 0.862. The van der Waals surface area contributed by atoms with Gasteiger partial charge in [0.1, 0.15) is 0 Å². The van der Waals surface area contributed by atoms with E-state index in [0.29, 0.717) is 11.2 Å². The molecule has 0 aliphatic carbocycles. The highest BCUT2D eigenvalue weighted by Gasteiger charge is 2.26. The molecule has 0 amide bonds.